The molecule has 0 N–H and O–H groups in total. The van der Waals surface area contributed by atoms with Gasteiger partial charge in [-0.15, -0.1) is 0 Å². The second kappa shape index (κ2) is 4.61. The van der Waals surface area contributed by atoms with Gasteiger partial charge in [0.05, 0.1) is 10.5 Å². The fraction of sp³-hybridized carbons (Fsp3) is 0.375. The third-order valence-electron chi connectivity index (χ3n) is 1.93. The maximum atomic E-state index is 12.5. The van der Waals surface area contributed by atoms with E-state index < -0.39 is 16.9 Å². The highest BCUT2D eigenvalue weighted by Crippen LogP contribution is 2.32. The summed E-state index contributed by atoms with van der Waals surface area (Å²) in [6.45, 7) is 1.42. The Balaban J connectivity index is 3.47. The predicted octanol–water partition coefficient (Wildman–Crippen LogP) is 3.13. The van der Waals surface area contributed by atoms with Crippen LogP contribution in [0.25, 0.3) is 0 Å². The van der Waals surface area contributed by atoms with Crippen molar-refractivity contribution in [2.75, 3.05) is 0 Å². The first-order valence-electron chi connectivity index (χ1n) is 3.96. The second-order valence-electron chi connectivity index (χ2n) is 2.82. The molecular formula is C8H7BrF2N2O2. The van der Waals surface area contributed by atoms with Gasteiger partial charge in [-0.05, 0) is 6.92 Å². The first kappa shape index (κ1) is 12.0. The number of rotatable bonds is 3. The molecule has 0 spiro atoms. The highest BCUT2D eigenvalue weighted by Gasteiger charge is 2.25. The van der Waals surface area contributed by atoms with Crippen LogP contribution >= 0.6 is 15.9 Å². The van der Waals surface area contributed by atoms with E-state index in [9.17, 15) is 18.9 Å². The van der Waals surface area contributed by atoms with Gasteiger partial charge in [0, 0.05) is 17.1 Å². The van der Waals surface area contributed by atoms with E-state index in [-0.39, 0.29) is 22.3 Å². The standard InChI is InChI=1S/C8H7BrF2N2O2/c1-4-7(13(14)15)5(2-9)6(3-12-4)8(10)11/h3,8H,2H2,1H3. The SMILES string of the molecule is Cc1ncc(C(F)F)c(CBr)c1[N+](=O)[O-]. The van der Waals surface area contributed by atoms with E-state index in [2.05, 4.69) is 20.9 Å². The van der Waals surface area contributed by atoms with Crippen LogP contribution in [-0.2, 0) is 5.33 Å². The molecule has 4 nitrogen and oxygen atoms in total. The highest BCUT2D eigenvalue weighted by molar-refractivity contribution is 9.08. The number of alkyl halides is 3. The first-order valence-corrected chi connectivity index (χ1v) is 5.08. The average molecular weight is 281 g/mol. The molecular weight excluding hydrogens is 274 g/mol. The number of nitro groups is 1. The summed E-state index contributed by atoms with van der Waals surface area (Å²) >= 11 is 2.96. The minimum absolute atomic E-state index is 0.00630. The van der Waals surface area contributed by atoms with Crippen molar-refractivity contribution in [2.24, 2.45) is 0 Å². The van der Waals surface area contributed by atoms with Crippen molar-refractivity contribution in [1.82, 2.24) is 4.98 Å². The van der Waals surface area contributed by atoms with E-state index in [1.807, 2.05) is 0 Å². The fourth-order valence-corrected chi connectivity index (χ4v) is 1.82. The van der Waals surface area contributed by atoms with E-state index >= 15 is 0 Å². The van der Waals surface area contributed by atoms with Gasteiger partial charge in [-0.3, -0.25) is 15.1 Å². The zero-order valence-corrected chi connectivity index (χ0v) is 9.29. The molecule has 1 aromatic rings. The Hall–Kier alpha value is -1.11. The number of hydrogen-bond donors (Lipinski definition) is 0. The Bertz CT molecular complexity index is 398. The lowest BCUT2D eigenvalue weighted by Gasteiger charge is -2.07. The maximum Gasteiger partial charge on any atom is 0.294 e. The third kappa shape index (κ3) is 2.28. The normalized spacial score (nSPS) is 10.7. The Kier molecular flexibility index (Phi) is 3.67. The fourth-order valence-electron chi connectivity index (χ4n) is 1.23. The number of pyridine rings is 1. The summed E-state index contributed by atoms with van der Waals surface area (Å²) in [5, 5.41) is 10.7. The van der Waals surface area contributed by atoms with Crippen molar-refractivity contribution in [2.45, 2.75) is 18.7 Å². The summed E-state index contributed by atoms with van der Waals surface area (Å²) in [5.41, 5.74) is -0.616. The van der Waals surface area contributed by atoms with E-state index in [0.29, 0.717) is 0 Å². The number of aryl methyl sites for hydroxylation is 1. The van der Waals surface area contributed by atoms with Gasteiger partial charge in [0.1, 0.15) is 5.69 Å². The van der Waals surface area contributed by atoms with Crippen molar-refractivity contribution >= 4 is 21.6 Å². The highest BCUT2D eigenvalue weighted by atomic mass is 79.9. The second-order valence-corrected chi connectivity index (χ2v) is 3.38. The van der Waals surface area contributed by atoms with Crippen molar-refractivity contribution in [1.29, 1.82) is 0 Å². The molecule has 1 rings (SSSR count). The summed E-state index contributed by atoms with van der Waals surface area (Å²) in [7, 11) is 0. The topological polar surface area (TPSA) is 56.0 Å². The Morgan fingerprint density at radius 2 is 2.27 bits per heavy atom. The number of hydrogen-bond acceptors (Lipinski definition) is 3. The van der Waals surface area contributed by atoms with E-state index in [0.717, 1.165) is 6.20 Å². The average Bonchev–Trinajstić information content (AvgIpc) is 2.15. The number of aromatic nitrogens is 1. The van der Waals surface area contributed by atoms with Crippen LogP contribution in [0.5, 0.6) is 0 Å². The third-order valence-corrected chi connectivity index (χ3v) is 2.49. The quantitative estimate of drug-likeness (QED) is 0.486. The van der Waals surface area contributed by atoms with Crippen LogP contribution in [0.3, 0.4) is 0 Å². The lowest BCUT2D eigenvalue weighted by molar-refractivity contribution is -0.386. The van der Waals surface area contributed by atoms with Gasteiger partial charge in [-0.2, -0.15) is 0 Å². The van der Waals surface area contributed by atoms with E-state index in [1.54, 1.807) is 0 Å². The molecule has 0 saturated heterocycles. The smallest absolute Gasteiger partial charge is 0.258 e. The molecule has 0 aliphatic rings. The Morgan fingerprint density at radius 1 is 1.67 bits per heavy atom. The molecule has 0 amide bonds. The molecule has 0 atom stereocenters. The van der Waals surface area contributed by atoms with Crippen molar-refractivity contribution in [3.63, 3.8) is 0 Å². The van der Waals surface area contributed by atoms with Crippen LogP contribution in [0, 0.1) is 17.0 Å². The molecule has 0 fully saturated rings. The molecule has 1 heterocycles. The van der Waals surface area contributed by atoms with Crippen LogP contribution in [0.1, 0.15) is 23.2 Å². The largest absolute Gasteiger partial charge is 0.294 e. The van der Waals surface area contributed by atoms with Crippen LogP contribution in [0.15, 0.2) is 6.20 Å². The van der Waals surface area contributed by atoms with Gasteiger partial charge < -0.3 is 0 Å². The van der Waals surface area contributed by atoms with Crippen LogP contribution in [0.4, 0.5) is 14.5 Å². The molecule has 15 heavy (non-hydrogen) atoms. The number of halogens is 3. The summed E-state index contributed by atoms with van der Waals surface area (Å²) in [6.07, 6.45) is -1.78. The molecule has 0 radical (unpaired) electrons. The van der Waals surface area contributed by atoms with Gasteiger partial charge in [0.2, 0.25) is 0 Å². The summed E-state index contributed by atoms with van der Waals surface area (Å²) in [6, 6.07) is 0. The van der Waals surface area contributed by atoms with Crippen LogP contribution in [0.2, 0.25) is 0 Å². The Labute approximate surface area is 92.6 Å². The van der Waals surface area contributed by atoms with Crippen LogP contribution < -0.4 is 0 Å². The monoisotopic (exact) mass is 280 g/mol. The maximum absolute atomic E-state index is 12.5. The molecule has 7 heteroatoms. The zero-order valence-electron chi connectivity index (χ0n) is 7.71. The molecule has 0 unspecified atom stereocenters. The van der Waals surface area contributed by atoms with E-state index in [4.69, 9.17) is 0 Å². The minimum atomic E-state index is -2.76. The van der Waals surface area contributed by atoms with Gasteiger partial charge in [-0.25, -0.2) is 8.78 Å². The van der Waals surface area contributed by atoms with Crippen molar-refractivity contribution < 1.29 is 13.7 Å². The molecule has 0 aliphatic heterocycles. The zero-order chi connectivity index (χ0) is 11.6. The summed E-state index contributed by atoms with van der Waals surface area (Å²) in [5.74, 6) is 0. The molecule has 0 aromatic carbocycles. The summed E-state index contributed by atoms with van der Waals surface area (Å²) < 4.78 is 25.0. The van der Waals surface area contributed by atoms with E-state index in [1.165, 1.54) is 6.92 Å². The molecule has 0 bridgehead atoms. The first-order chi connectivity index (χ1) is 6.99. The molecule has 1 aromatic heterocycles. The predicted molar refractivity (Wildman–Crippen MR) is 53.2 cm³/mol. The molecule has 82 valence electrons. The lowest BCUT2D eigenvalue weighted by Crippen LogP contribution is -2.03. The van der Waals surface area contributed by atoms with Crippen molar-refractivity contribution in [3.8, 4) is 0 Å². The van der Waals surface area contributed by atoms with Gasteiger partial charge in [0.15, 0.2) is 0 Å². The van der Waals surface area contributed by atoms with Gasteiger partial charge in [0.25, 0.3) is 12.1 Å². The van der Waals surface area contributed by atoms with Gasteiger partial charge >= 0.3 is 0 Å². The summed E-state index contributed by atoms with van der Waals surface area (Å²) in [4.78, 5) is 13.6. The lowest BCUT2D eigenvalue weighted by atomic mass is 10.1. The molecule has 0 saturated carbocycles. The number of nitrogens with zero attached hydrogens (tertiary/aromatic N) is 2. The minimum Gasteiger partial charge on any atom is -0.258 e. The molecule has 0 aliphatic carbocycles. The van der Waals surface area contributed by atoms with Gasteiger partial charge in [-0.1, -0.05) is 15.9 Å². The van der Waals surface area contributed by atoms with Crippen LogP contribution in [-0.4, -0.2) is 9.91 Å². The Morgan fingerprint density at radius 3 is 2.67 bits per heavy atom. The van der Waals surface area contributed by atoms with Crippen molar-refractivity contribution in [3.05, 3.63) is 33.1 Å².